The number of carboxylic acids is 1. The van der Waals surface area contributed by atoms with Crippen LogP contribution in [0.3, 0.4) is 0 Å². The molecule has 1 saturated heterocycles. The maximum atomic E-state index is 14.2. The van der Waals surface area contributed by atoms with E-state index in [1.54, 1.807) is 36.4 Å². The molecule has 7 nitrogen and oxygen atoms in total. The van der Waals surface area contributed by atoms with Crippen molar-refractivity contribution in [2.24, 2.45) is 0 Å². The zero-order valence-corrected chi connectivity index (χ0v) is 22.8. The molecule has 0 aliphatic carbocycles. The normalized spacial score (nSPS) is 12.6. The molecule has 0 spiro atoms. The number of benzene rings is 3. The lowest BCUT2D eigenvalue weighted by Gasteiger charge is -2.37. The van der Waals surface area contributed by atoms with Crippen LogP contribution in [0.2, 0.25) is 0 Å². The summed E-state index contributed by atoms with van der Waals surface area (Å²) in [7, 11) is 0. The van der Waals surface area contributed by atoms with Crippen molar-refractivity contribution in [1.29, 1.82) is 0 Å². The minimum atomic E-state index is -1.13. The standard InChI is InChI=1S/C27H22F2N4O3.3ClH/c28-21-6-2-1-5-18(21)26(34)30-17-9-10-23-19(15-17)20(27(35)36)16-25(31-23)33-13-11-32(12-14-33)24-8-4-3-7-22(24)29;;;/h1-10,15-16H,11-14H2,(H,30,34)(H,35,36);3*1H. The van der Waals surface area contributed by atoms with Crippen molar-refractivity contribution in [3.8, 4) is 0 Å². The molecule has 0 radical (unpaired) electrons. The first-order valence-electron chi connectivity index (χ1n) is 11.4. The number of para-hydroxylation sites is 1. The smallest absolute Gasteiger partial charge is 0.336 e. The number of aromatic carboxylic acids is 1. The third-order valence-corrected chi connectivity index (χ3v) is 6.20. The number of hydrogen-bond donors (Lipinski definition) is 2. The molecular weight excluding hydrogens is 573 g/mol. The van der Waals surface area contributed by atoms with Gasteiger partial charge in [0.2, 0.25) is 0 Å². The fraction of sp³-hybridized carbons (Fsp3) is 0.148. The first kappa shape index (κ1) is 31.6. The number of carboxylic acid groups (broad SMARTS) is 1. The fourth-order valence-corrected chi connectivity index (χ4v) is 4.36. The number of carbonyl (C=O) groups is 2. The van der Waals surface area contributed by atoms with Crippen LogP contribution in [0.25, 0.3) is 10.9 Å². The van der Waals surface area contributed by atoms with Gasteiger partial charge in [-0.1, -0.05) is 24.3 Å². The number of nitrogens with zero attached hydrogens (tertiary/aromatic N) is 3. The van der Waals surface area contributed by atoms with Crippen molar-refractivity contribution in [2.45, 2.75) is 0 Å². The lowest BCUT2D eigenvalue weighted by atomic mass is 10.1. The van der Waals surface area contributed by atoms with E-state index < -0.39 is 17.7 Å². The first-order chi connectivity index (χ1) is 17.4. The zero-order valence-electron chi connectivity index (χ0n) is 20.3. The lowest BCUT2D eigenvalue weighted by molar-refractivity contribution is 0.0698. The van der Waals surface area contributed by atoms with Crippen LogP contribution in [-0.4, -0.2) is 48.1 Å². The van der Waals surface area contributed by atoms with Crippen LogP contribution in [0.5, 0.6) is 0 Å². The molecule has 5 rings (SSSR count). The van der Waals surface area contributed by atoms with Gasteiger partial charge in [0.1, 0.15) is 17.5 Å². The second-order valence-electron chi connectivity index (χ2n) is 8.42. The summed E-state index contributed by atoms with van der Waals surface area (Å²) in [5.41, 5.74) is 1.24. The summed E-state index contributed by atoms with van der Waals surface area (Å²) >= 11 is 0. The maximum Gasteiger partial charge on any atom is 0.336 e. The number of carbonyl (C=O) groups excluding carboxylic acids is 1. The van der Waals surface area contributed by atoms with Gasteiger partial charge in [-0.2, -0.15) is 0 Å². The average Bonchev–Trinajstić information content (AvgIpc) is 2.88. The van der Waals surface area contributed by atoms with Crippen LogP contribution in [-0.2, 0) is 0 Å². The average molecular weight is 598 g/mol. The van der Waals surface area contributed by atoms with E-state index in [0.29, 0.717) is 54.3 Å². The van der Waals surface area contributed by atoms with E-state index in [-0.39, 0.29) is 54.2 Å². The molecule has 1 aromatic heterocycles. The SMILES string of the molecule is Cl.Cl.Cl.O=C(Nc1ccc2nc(N3CCN(c4ccccc4F)CC3)cc(C(=O)O)c2c1)c1ccccc1F. The number of anilines is 3. The Morgan fingerprint density at radius 3 is 2.03 bits per heavy atom. The van der Waals surface area contributed by atoms with Gasteiger partial charge in [0.15, 0.2) is 0 Å². The highest BCUT2D eigenvalue weighted by Gasteiger charge is 2.22. The van der Waals surface area contributed by atoms with Crippen LogP contribution in [0.1, 0.15) is 20.7 Å². The van der Waals surface area contributed by atoms with Gasteiger partial charge in [-0.05, 0) is 48.5 Å². The van der Waals surface area contributed by atoms with Crippen LogP contribution < -0.4 is 15.1 Å². The van der Waals surface area contributed by atoms with Gasteiger partial charge in [-0.25, -0.2) is 18.6 Å². The summed E-state index contributed by atoms with van der Waals surface area (Å²) in [4.78, 5) is 33.1. The molecule has 0 atom stereocenters. The highest BCUT2D eigenvalue weighted by Crippen LogP contribution is 2.28. The summed E-state index contributed by atoms with van der Waals surface area (Å²) in [6.45, 7) is 2.21. The molecule has 0 saturated carbocycles. The van der Waals surface area contributed by atoms with Crippen LogP contribution in [0.4, 0.5) is 26.0 Å². The number of amides is 1. The van der Waals surface area contributed by atoms with Gasteiger partial charge in [0.25, 0.3) is 5.91 Å². The molecule has 39 heavy (non-hydrogen) atoms. The number of piperazine rings is 1. The fourth-order valence-electron chi connectivity index (χ4n) is 4.36. The van der Waals surface area contributed by atoms with Crippen molar-refractivity contribution in [2.75, 3.05) is 41.3 Å². The van der Waals surface area contributed by atoms with Crippen molar-refractivity contribution in [1.82, 2.24) is 4.98 Å². The molecule has 206 valence electrons. The lowest BCUT2D eigenvalue weighted by Crippen LogP contribution is -2.47. The Kier molecular flexibility index (Phi) is 10.9. The molecular formula is C27H25Cl3F2N4O3. The molecule has 1 aliphatic rings. The highest BCUT2D eigenvalue weighted by molar-refractivity contribution is 6.08. The third-order valence-electron chi connectivity index (χ3n) is 6.20. The Morgan fingerprint density at radius 2 is 1.38 bits per heavy atom. The molecule has 0 unspecified atom stereocenters. The molecule has 1 amide bonds. The van der Waals surface area contributed by atoms with Crippen molar-refractivity contribution in [3.05, 3.63) is 95.6 Å². The van der Waals surface area contributed by atoms with Gasteiger partial charge in [-0.3, -0.25) is 4.79 Å². The number of nitrogens with one attached hydrogen (secondary N) is 1. The Bertz CT molecular complexity index is 1480. The topological polar surface area (TPSA) is 85.8 Å². The maximum absolute atomic E-state index is 14.2. The molecule has 3 aromatic carbocycles. The van der Waals surface area contributed by atoms with E-state index in [4.69, 9.17) is 0 Å². The second-order valence-corrected chi connectivity index (χ2v) is 8.42. The van der Waals surface area contributed by atoms with Crippen LogP contribution in [0, 0.1) is 11.6 Å². The van der Waals surface area contributed by atoms with Crippen molar-refractivity contribution < 1.29 is 23.5 Å². The third kappa shape index (κ3) is 6.68. The summed E-state index contributed by atoms with van der Waals surface area (Å²) in [6.07, 6.45) is 0. The highest BCUT2D eigenvalue weighted by atomic mass is 35.5. The van der Waals surface area contributed by atoms with E-state index in [9.17, 15) is 23.5 Å². The molecule has 0 bridgehead atoms. The van der Waals surface area contributed by atoms with Crippen LogP contribution >= 0.6 is 37.2 Å². The van der Waals surface area contributed by atoms with Crippen LogP contribution in [0.15, 0.2) is 72.8 Å². The zero-order chi connectivity index (χ0) is 25.2. The quantitative estimate of drug-likeness (QED) is 0.291. The van der Waals surface area contributed by atoms with E-state index in [1.807, 2.05) is 9.80 Å². The van der Waals surface area contributed by atoms with E-state index in [2.05, 4.69) is 10.3 Å². The number of hydrogen-bond acceptors (Lipinski definition) is 5. The Balaban J connectivity index is 0.00000178. The van der Waals surface area contributed by atoms with Gasteiger partial charge in [-0.15, -0.1) is 37.2 Å². The summed E-state index contributed by atoms with van der Waals surface area (Å²) < 4.78 is 28.1. The molecule has 1 aliphatic heterocycles. The summed E-state index contributed by atoms with van der Waals surface area (Å²) in [5, 5.41) is 12.8. The summed E-state index contributed by atoms with van der Waals surface area (Å²) in [6, 6.07) is 18.5. The van der Waals surface area contributed by atoms with Gasteiger partial charge in [0.05, 0.1) is 22.3 Å². The minimum absolute atomic E-state index is 0. The largest absolute Gasteiger partial charge is 0.478 e. The molecule has 12 heteroatoms. The van der Waals surface area contributed by atoms with Crippen molar-refractivity contribution >= 4 is 77.2 Å². The Labute approximate surface area is 242 Å². The van der Waals surface area contributed by atoms with Gasteiger partial charge < -0.3 is 20.2 Å². The van der Waals surface area contributed by atoms with E-state index in [0.717, 1.165) is 0 Å². The summed E-state index contributed by atoms with van der Waals surface area (Å²) in [5.74, 6) is -2.19. The van der Waals surface area contributed by atoms with E-state index in [1.165, 1.54) is 36.4 Å². The number of aromatic nitrogens is 1. The molecule has 4 aromatic rings. The number of pyridine rings is 1. The number of rotatable bonds is 5. The monoisotopic (exact) mass is 596 g/mol. The first-order valence-corrected chi connectivity index (χ1v) is 11.4. The van der Waals surface area contributed by atoms with Crippen molar-refractivity contribution in [3.63, 3.8) is 0 Å². The number of halogens is 5. The Morgan fingerprint density at radius 1 is 0.769 bits per heavy atom. The number of fused-ring (bicyclic) bond motifs is 1. The van der Waals surface area contributed by atoms with E-state index >= 15 is 0 Å². The van der Waals surface area contributed by atoms with Gasteiger partial charge in [0, 0.05) is 37.3 Å². The molecule has 2 heterocycles. The second kappa shape index (κ2) is 13.4. The predicted molar refractivity (Wildman–Crippen MR) is 156 cm³/mol. The molecule has 1 fully saturated rings. The minimum Gasteiger partial charge on any atom is -0.478 e. The van der Waals surface area contributed by atoms with Gasteiger partial charge >= 0.3 is 5.97 Å². The Hall–Kier alpha value is -3.66. The molecule has 2 N–H and O–H groups in total. The predicted octanol–water partition coefficient (Wildman–Crippen LogP) is 6.06.